The van der Waals surface area contributed by atoms with E-state index in [1.807, 2.05) is 29.2 Å². The van der Waals surface area contributed by atoms with Crippen molar-refractivity contribution in [1.29, 1.82) is 0 Å². The van der Waals surface area contributed by atoms with Crippen LogP contribution >= 0.6 is 0 Å². The van der Waals surface area contributed by atoms with Gasteiger partial charge < -0.3 is 10.2 Å². The maximum absolute atomic E-state index is 12.2. The van der Waals surface area contributed by atoms with Crippen LogP contribution in [0.15, 0.2) is 24.3 Å². The van der Waals surface area contributed by atoms with Crippen LogP contribution in [0.3, 0.4) is 0 Å². The second kappa shape index (κ2) is 7.40. The molecule has 2 amide bonds. The van der Waals surface area contributed by atoms with E-state index in [0.29, 0.717) is 0 Å². The molecule has 5 nitrogen and oxygen atoms in total. The van der Waals surface area contributed by atoms with Gasteiger partial charge in [0.1, 0.15) is 0 Å². The highest BCUT2D eigenvalue weighted by molar-refractivity contribution is 5.93. The molecule has 5 heteroatoms. The van der Waals surface area contributed by atoms with Gasteiger partial charge in [-0.3, -0.25) is 14.5 Å². The Balaban J connectivity index is 1.94. The Morgan fingerprint density at radius 2 is 2.14 bits per heavy atom. The van der Waals surface area contributed by atoms with Gasteiger partial charge in [-0.2, -0.15) is 0 Å². The quantitative estimate of drug-likeness (QED) is 0.901. The molecular weight excluding hydrogens is 278 g/mol. The Bertz CT molecular complexity index is 542. The molecule has 0 aliphatic carbocycles. The van der Waals surface area contributed by atoms with E-state index >= 15 is 0 Å². The monoisotopic (exact) mass is 303 g/mol. The van der Waals surface area contributed by atoms with E-state index in [-0.39, 0.29) is 24.4 Å². The van der Waals surface area contributed by atoms with Gasteiger partial charge in [0.2, 0.25) is 11.8 Å². The van der Waals surface area contributed by atoms with Crippen molar-refractivity contribution in [2.45, 2.75) is 32.2 Å². The molecule has 0 bridgehead atoms. The van der Waals surface area contributed by atoms with Crippen LogP contribution in [0, 0.1) is 0 Å². The number of carbonyl (C=O) groups excluding carboxylic acids is 2. The predicted molar refractivity (Wildman–Crippen MR) is 87.7 cm³/mol. The van der Waals surface area contributed by atoms with Gasteiger partial charge in [-0.1, -0.05) is 19.1 Å². The first-order valence-corrected chi connectivity index (χ1v) is 7.85. The number of carbonyl (C=O) groups is 2. The fraction of sp³-hybridized carbons (Fsp3) is 0.529. The summed E-state index contributed by atoms with van der Waals surface area (Å²) in [6.45, 7) is 3.15. The standard InChI is InChI=1S/C17H25N3O2/c1-4-13-7-5-8-14(11-13)18-16(21)12-20-10-6-9-15(20)17(22)19(2)3/h5,7-8,11,15H,4,6,9-10,12H2,1-3H3,(H,18,21). The Kier molecular flexibility index (Phi) is 5.55. The first-order valence-electron chi connectivity index (χ1n) is 7.85. The summed E-state index contributed by atoms with van der Waals surface area (Å²) in [6.07, 6.45) is 2.73. The summed E-state index contributed by atoms with van der Waals surface area (Å²) in [5.74, 6) is 0.0185. The highest BCUT2D eigenvalue weighted by atomic mass is 16.2. The zero-order valence-corrected chi connectivity index (χ0v) is 13.6. The molecule has 1 aromatic rings. The lowest BCUT2D eigenvalue weighted by Gasteiger charge is -2.25. The predicted octanol–water partition coefficient (Wildman–Crippen LogP) is 1.74. The minimum absolute atomic E-state index is 0.0632. The van der Waals surface area contributed by atoms with E-state index in [9.17, 15) is 9.59 Å². The molecule has 1 N–H and O–H groups in total. The van der Waals surface area contributed by atoms with Crippen molar-refractivity contribution in [2.75, 3.05) is 32.5 Å². The number of hydrogen-bond donors (Lipinski definition) is 1. The Labute approximate surface area is 132 Å². The van der Waals surface area contributed by atoms with Crippen molar-refractivity contribution >= 4 is 17.5 Å². The fourth-order valence-electron chi connectivity index (χ4n) is 2.85. The number of aryl methyl sites for hydroxylation is 1. The van der Waals surface area contributed by atoms with E-state index in [1.165, 1.54) is 5.56 Å². The van der Waals surface area contributed by atoms with Crippen molar-refractivity contribution in [3.63, 3.8) is 0 Å². The molecule has 120 valence electrons. The molecule has 0 spiro atoms. The molecule has 1 heterocycles. The molecule has 22 heavy (non-hydrogen) atoms. The number of anilines is 1. The summed E-state index contributed by atoms with van der Waals surface area (Å²) in [7, 11) is 3.52. The van der Waals surface area contributed by atoms with Gasteiger partial charge in [-0.25, -0.2) is 0 Å². The van der Waals surface area contributed by atoms with Gasteiger partial charge in [-0.15, -0.1) is 0 Å². The summed E-state index contributed by atoms with van der Waals surface area (Å²) in [6, 6.07) is 7.71. The number of benzene rings is 1. The Morgan fingerprint density at radius 1 is 1.36 bits per heavy atom. The topological polar surface area (TPSA) is 52.7 Å². The average Bonchev–Trinajstić information content (AvgIpc) is 2.94. The molecule has 2 rings (SSSR count). The second-order valence-corrected chi connectivity index (χ2v) is 5.96. The molecule has 0 saturated carbocycles. The molecule has 1 saturated heterocycles. The van der Waals surface area contributed by atoms with Gasteiger partial charge >= 0.3 is 0 Å². The lowest BCUT2D eigenvalue weighted by molar-refractivity contribution is -0.133. The number of likely N-dealkylation sites (N-methyl/N-ethyl adjacent to an activating group) is 1. The van der Waals surface area contributed by atoms with Crippen LogP contribution < -0.4 is 5.32 Å². The van der Waals surface area contributed by atoms with E-state index in [2.05, 4.69) is 12.2 Å². The Hall–Kier alpha value is -1.88. The third kappa shape index (κ3) is 4.07. The van der Waals surface area contributed by atoms with Gasteiger partial charge in [0.05, 0.1) is 12.6 Å². The minimum atomic E-state index is -0.164. The van der Waals surface area contributed by atoms with E-state index in [4.69, 9.17) is 0 Å². The van der Waals surface area contributed by atoms with E-state index in [1.54, 1.807) is 19.0 Å². The zero-order chi connectivity index (χ0) is 16.1. The van der Waals surface area contributed by atoms with Crippen molar-refractivity contribution in [3.8, 4) is 0 Å². The SMILES string of the molecule is CCc1cccc(NC(=O)CN2CCCC2C(=O)N(C)C)c1. The maximum Gasteiger partial charge on any atom is 0.239 e. The lowest BCUT2D eigenvalue weighted by atomic mass is 10.1. The van der Waals surface area contributed by atoms with Gasteiger partial charge in [0.25, 0.3) is 0 Å². The minimum Gasteiger partial charge on any atom is -0.347 e. The summed E-state index contributed by atoms with van der Waals surface area (Å²) in [5.41, 5.74) is 2.01. The number of rotatable bonds is 5. The lowest BCUT2D eigenvalue weighted by Crippen LogP contribution is -2.45. The molecule has 1 atom stereocenters. The highest BCUT2D eigenvalue weighted by Gasteiger charge is 2.32. The number of nitrogens with zero attached hydrogens (tertiary/aromatic N) is 2. The van der Waals surface area contributed by atoms with Crippen LogP contribution in [-0.4, -0.2) is 54.8 Å². The van der Waals surface area contributed by atoms with Crippen molar-refractivity contribution in [1.82, 2.24) is 9.80 Å². The molecule has 1 aliphatic heterocycles. The van der Waals surface area contributed by atoms with Gasteiger partial charge in [0, 0.05) is 19.8 Å². The molecule has 0 radical (unpaired) electrons. The summed E-state index contributed by atoms with van der Waals surface area (Å²) in [5, 5.41) is 2.93. The van der Waals surface area contributed by atoms with Crippen LogP contribution in [-0.2, 0) is 16.0 Å². The van der Waals surface area contributed by atoms with Crippen LogP contribution in [0.2, 0.25) is 0 Å². The summed E-state index contributed by atoms with van der Waals surface area (Å²) < 4.78 is 0. The van der Waals surface area contributed by atoms with Crippen molar-refractivity contribution < 1.29 is 9.59 Å². The van der Waals surface area contributed by atoms with Crippen LogP contribution in [0.25, 0.3) is 0 Å². The average molecular weight is 303 g/mol. The van der Waals surface area contributed by atoms with Gasteiger partial charge in [0.15, 0.2) is 0 Å². The number of amides is 2. The van der Waals surface area contributed by atoms with E-state index < -0.39 is 0 Å². The van der Waals surface area contributed by atoms with Gasteiger partial charge in [-0.05, 0) is 43.5 Å². The smallest absolute Gasteiger partial charge is 0.239 e. The third-order valence-corrected chi connectivity index (χ3v) is 4.06. The third-order valence-electron chi connectivity index (χ3n) is 4.06. The summed E-state index contributed by atoms with van der Waals surface area (Å²) >= 11 is 0. The molecule has 1 unspecified atom stereocenters. The first kappa shape index (κ1) is 16.5. The van der Waals surface area contributed by atoms with Crippen LogP contribution in [0.5, 0.6) is 0 Å². The normalized spacial score (nSPS) is 18.2. The number of likely N-dealkylation sites (tertiary alicyclic amines) is 1. The zero-order valence-electron chi connectivity index (χ0n) is 13.6. The largest absolute Gasteiger partial charge is 0.347 e. The molecule has 1 aliphatic rings. The number of nitrogens with one attached hydrogen (secondary N) is 1. The number of hydrogen-bond acceptors (Lipinski definition) is 3. The molecule has 1 fully saturated rings. The van der Waals surface area contributed by atoms with Crippen LogP contribution in [0.4, 0.5) is 5.69 Å². The molecular formula is C17H25N3O2. The summed E-state index contributed by atoms with van der Waals surface area (Å²) in [4.78, 5) is 27.9. The molecule has 0 aromatic heterocycles. The van der Waals surface area contributed by atoms with E-state index in [0.717, 1.165) is 31.5 Å². The second-order valence-electron chi connectivity index (χ2n) is 5.96. The Morgan fingerprint density at radius 3 is 2.82 bits per heavy atom. The maximum atomic E-state index is 12.2. The molecule has 1 aromatic carbocycles. The van der Waals surface area contributed by atoms with Crippen molar-refractivity contribution in [2.24, 2.45) is 0 Å². The first-order chi connectivity index (χ1) is 10.5. The van der Waals surface area contributed by atoms with Crippen molar-refractivity contribution in [3.05, 3.63) is 29.8 Å². The fourth-order valence-corrected chi connectivity index (χ4v) is 2.85. The highest BCUT2D eigenvalue weighted by Crippen LogP contribution is 2.19. The van der Waals surface area contributed by atoms with Crippen LogP contribution in [0.1, 0.15) is 25.3 Å².